The van der Waals surface area contributed by atoms with Crippen molar-refractivity contribution in [3.63, 3.8) is 0 Å². The summed E-state index contributed by atoms with van der Waals surface area (Å²) in [5, 5.41) is 3.03. The molecule has 0 radical (unpaired) electrons. The van der Waals surface area contributed by atoms with E-state index in [9.17, 15) is 0 Å². The molecule has 2 aromatic heterocycles. The molecule has 0 atom stereocenters. The normalized spacial score (nSPS) is 10.2. The van der Waals surface area contributed by atoms with Crippen LogP contribution in [-0.4, -0.2) is 38.7 Å². The van der Waals surface area contributed by atoms with Crippen LogP contribution in [0.15, 0.2) is 12.4 Å². The summed E-state index contributed by atoms with van der Waals surface area (Å²) in [6.07, 6.45) is 3.59. The number of imidazole rings is 1. The fourth-order valence-corrected chi connectivity index (χ4v) is 1.32. The van der Waals surface area contributed by atoms with Gasteiger partial charge in [-0.2, -0.15) is 9.97 Å². The van der Waals surface area contributed by atoms with Crippen molar-refractivity contribution in [1.29, 1.82) is 0 Å². The third kappa shape index (κ3) is 2.65. The molecule has 0 aromatic carbocycles. The highest BCUT2D eigenvalue weighted by atomic mass is 16.5. The number of aryl methyl sites for hydroxylation is 1. The summed E-state index contributed by atoms with van der Waals surface area (Å²) in [7, 11) is 4.88. The Hall–Kier alpha value is -2.38. The zero-order chi connectivity index (χ0) is 13.0. The molecule has 2 heterocycles. The highest BCUT2D eigenvalue weighted by molar-refractivity contribution is 5.27. The molecule has 0 aliphatic rings. The molecule has 0 spiro atoms. The van der Waals surface area contributed by atoms with Gasteiger partial charge in [-0.15, -0.1) is 4.98 Å². The van der Waals surface area contributed by atoms with Gasteiger partial charge in [0.15, 0.2) is 0 Å². The number of rotatable bonds is 5. The molecule has 96 valence electrons. The van der Waals surface area contributed by atoms with Crippen LogP contribution in [-0.2, 0) is 13.6 Å². The van der Waals surface area contributed by atoms with Crippen LogP contribution in [0.3, 0.4) is 0 Å². The van der Waals surface area contributed by atoms with Gasteiger partial charge < -0.3 is 19.4 Å². The van der Waals surface area contributed by atoms with Crippen LogP contribution in [0.25, 0.3) is 0 Å². The van der Waals surface area contributed by atoms with E-state index < -0.39 is 0 Å². The third-order valence-electron chi connectivity index (χ3n) is 2.29. The van der Waals surface area contributed by atoms with Crippen LogP contribution in [0.4, 0.5) is 5.95 Å². The number of nitrogens with one attached hydrogen (secondary N) is 1. The summed E-state index contributed by atoms with van der Waals surface area (Å²) < 4.78 is 11.8. The SMILES string of the molecule is COc1nc(NCc2nccn2C)nc(OC)n1. The number of methoxy groups -OCH3 is 2. The molecule has 2 aromatic rings. The first-order chi connectivity index (χ1) is 8.72. The van der Waals surface area contributed by atoms with Gasteiger partial charge in [0.2, 0.25) is 5.95 Å². The third-order valence-corrected chi connectivity index (χ3v) is 2.29. The lowest BCUT2D eigenvalue weighted by Crippen LogP contribution is -2.10. The van der Waals surface area contributed by atoms with Crippen molar-refractivity contribution >= 4 is 5.95 Å². The van der Waals surface area contributed by atoms with Crippen LogP contribution in [0, 0.1) is 0 Å². The maximum absolute atomic E-state index is 4.96. The van der Waals surface area contributed by atoms with Crippen LogP contribution < -0.4 is 14.8 Å². The molecule has 18 heavy (non-hydrogen) atoms. The Morgan fingerprint density at radius 1 is 1.17 bits per heavy atom. The molecule has 0 unspecified atom stereocenters. The summed E-state index contributed by atoms with van der Waals surface area (Å²) >= 11 is 0. The van der Waals surface area contributed by atoms with E-state index >= 15 is 0 Å². The molecule has 0 saturated carbocycles. The van der Waals surface area contributed by atoms with Crippen LogP contribution in [0.1, 0.15) is 5.82 Å². The standard InChI is InChI=1S/C10H14N6O2/c1-16-5-4-11-7(16)6-12-8-13-9(17-2)15-10(14-8)18-3/h4-5H,6H2,1-3H3,(H,12,13,14,15). The van der Waals surface area contributed by atoms with Gasteiger partial charge in [0, 0.05) is 19.4 Å². The first-order valence-corrected chi connectivity index (χ1v) is 5.27. The second-order valence-electron chi connectivity index (χ2n) is 3.44. The minimum Gasteiger partial charge on any atom is -0.467 e. The Balaban J connectivity index is 2.11. The molecular weight excluding hydrogens is 236 g/mol. The minimum atomic E-state index is 0.198. The molecule has 0 amide bonds. The van der Waals surface area contributed by atoms with Crippen molar-refractivity contribution in [1.82, 2.24) is 24.5 Å². The van der Waals surface area contributed by atoms with Crippen molar-refractivity contribution < 1.29 is 9.47 Å². The van der Waals surface area contributed by atoms with Crippen LogP contribution in [0.2, 0.25) is 0 Å². The number of anilines is 1. The summed E-state index contributed by atoms with van der Waals surface area (Å²) in [4.78, 5) is 16.2. The van der Waals surface area contributed by atoms with E-state index in [1.807, 2.05) is 17.8 Å². The second kappa shape index (κ2) is 5.30. The summed E-state index contributed by atoms with van der Waals surface area (Å²) in [6.45, 7) is 0.500. The van der Waals surface area contributed by atoms with Crippen molar-refractivity contribution in [2.75, 3.05) is 19.5 Å². The van der Waals surface area contributed by atoms with E-state index in [4.69, 9.17) is 9.47 Å². The van der Waals surface area contributed by atoms with Gasteiger partial charge in [0.05, 0.1) is 20.8 Å². The van der Waals surface area contributed by atoms with Gasteiger partial charge in [-0.3, -0.25) is 0 Å². The van der Waals surface area contributed by atoms with E-state index in [1.165, 1.54) is 14.2 Å². The fraction of sp³-hybridized carbons (Fsp3) is 0.400. The lowest BCUT2D eigenvalue weighted by atomic mass is 10.6. The topological polar surface area (TPSA) is 87.0 Å². The Labute approximate surface area is 104 Å². The van der Waals surface area contributed by atoms with Gasteiger partial charge in [0.1, 0.15) is 5.82 Å². The van der Waals surface area contributed by atoms with Crippen molar-refractivity contribution in [2.24, 2.45) is 7.05 Å². The molecule has 2 rings (SSSR count). The quantitative estimate of drug-likeness (QED) is 0.812. The summed E-state index contributed by atoms with van der Waals surface area (Å²) in [6, 6.07) is 0.397. The molecule has 8 heteroatoms. The van der Waals surface area contributed by atoms with Gasteiger partial charge in [-0.1, -0.05) is 0 Å². The molecular formula is C10H14N6O2. The largest absolute Gasteiger partial charge is 0.467 e. The van der Waals surface area contributed by atoms with E-state index in [0.717, 1.165) is 5.82 Å². The Morgan fingerprint density at radius 3 is 2.33 bits per heavy atom. The average molecular weight is 250 g/mol. The maximum Gasteiger partial charge on any atom is 0.324 e. The van der Waals surface area contributed by atoms with Gasteiger partial charge in [-0.05, 0) is 0 Å². The Morgan fingerprint density at radius 2 is 1.83 bits per heavy atom. The maximum atomic E-state index is 4.96. The van der Waals surface area contributed by atoms with Crippen LogP contribution in [0.5, 0.6) is 12.0 Å². The first kappa shape index (κ1) is 12.1. The Bertz CT molecular complexity index is 505. The van der Waals surface area contributed by atoms with Gasteiger partial charge >= 0.3 is 12.0 Å². The lowest BCUT2D eigenvalue weighted by molar-refractivity contribution is 0.341. The Kier molecular flexibility index (Phi) is 3.56. The summed E-state index contributed by atoms with van der Waals surface area (Å²) in [5.41, 5.74) is 0. The number of hydrogen-bond acceptors (Lipinski definition) is 7. The molecule has 8 nitrogen and oxygen atoms in total. The van der Waals surface area contributed by atoms with Crippen molar-refractivity contribution in [3.8, 4) is 12.0 Å². The predicted octanol–water partition coefficient (Wildman–Crippen LogP) is 0.234. The summed E-state index contributed by atoms with van der Waals surface area (Å²) in [5.74, 6) is 1.25. The van der Waals surface area contributed by atoms with E-state index in [0.29, 0.717) is 12.5 Å². The first-order valence-electron chi connectivity index (χ1n) is 5.27. The van der Waals surface area contributed by atoms with Crippen molar-refractivity contribution in [3.05, 3.63) is 18.2 Å². The predicted molar refractivity (Wildman–Crippen MR) is 63.5 cm³/mol. The van der Waals surface area contributed by atoms with Crippen molar-refractivity contribution in [2.45, 2.75) is 6.54 Å². The highest BCUT2D eigenvalue weighted by Crippen LogP contribution is 2.12. The number of nitrogens with zero attached hydrogens (tertiary/aromatic N) is 5. The average Bonchev–Trinajstić information content (AvgIpc) is 2.81. The van der Waals surface area contributed by atoms with E-state index in [-0.39, 0.29) is 12.0 Å². The van der Waals surface area contributed by atoms with Gasteiger partial charge in [0.25, 0.3) is 0 Å². The number of hydrogen-bond donors (Lipinski definition) is 1. The highest BCUT2D eigenvalue weighted by Gasteiger charge is 2.07. The van der Waals surface area contributed by atoms with Gasteiger partial charge in [-0.25, -0.2) is 4.98 Å². The fourth-order valence-electron chi connectivity index (χ4n) is 1.32. The number of ether oxygens (including phenoxy) is 2. The van der Waals surface area contributed by atoms with E-state index in [1.54, 1.807) is 6.20 Å². The lowest BCUT2D eigenvalue weighted by Gasteiger charge is -2.07. The minimum absolute atomic E-state index is 0.198. The molecule has 0 aliphatic heterocycles. The molecule has 0 aliphatic carbocycles. The molecule has 0 saturated heterocycles. The molecule has 1 N–H and O–H groups in total. The smallest absolute Gasteiger partial charge is 0.324 e. The molecule has 0 bridgehead atoms. The molecule has 0 fully saturated rings. The zero-order valence-electron chi connectivity index (χ0n) is 10.4. The monoisotopic (exact) mass is 250 g/mol. The number of aromatic nitrogens is 5. The zero-order valence-corrected chi connectivity index (χ0v) is 10.4. The second-order valence-corrected chi connectivity index (χ2v) is 3.44. The van der Waals surface area contributed by atoms with Crippen LogP contribution >= 0.6 is 0 Å². The van der Waals surface area contributed by atoms with E-state index in [2.05, 4.69) is 25.3 Å².